The zero-order chi connectivity index (χ0) is 10.3. The first-order valence-corrected chi connectivity index (χ1v) is 3.92. The molecule has 0 aromatic heterocycles. The third kappa shape index (κ3) is 7.39. The summed E-state index contributed by atoms with van der Waals surface area (Å²) in [5.74, 6) is -4.37. The molecule has 0 spiro atoms. The normalized spacial score (nSPS) is 12.2. The third-order valence-corrected chi connectivity index (χ3v) is 1.41. The fourth-order valence-corrected chi connectivity index (χ4v) is 0.777. The van der Waals surface area contributed by atoms with Crippen molar-refractivity contribution < 1.29 is 18.7 Å². The van der Waals surface area contributed by atoms with Gasteiger partial charge >= 0.3 is 5.97 Å². The fourth-order valence-electron chi connectivity index (χ4n) is 0.777. The molecule has 3 nitrogen and oxygen atoms in total. The van der Waals surface area contributed by atoms with Crippen molar-refractivity contribution in [3.63, 3.8) is 0 Å². The fraction of sp³-hybridized carbons (Fsp3) is 0.625. The van der Waals surface area contributed by atoms with Crippen LogP contribution in [-0.2, 0) is 4.79 Å². The maximum absolute atomic E-state index is 12.7. The minimum absolute atomic E-state index is 0.313. The molecule has 0 unspecified atom stereocenters. The number of aliphatic carboxylic acids is 1. The molecule has 0 rings (SSSR count). The van der Waals surface area contributed by atoms with E-state index in [1.807, 2.05) is 0 Å². The van der Waals surface area contributed by atoms with E-state index in [0.717, 1.165) is 0 Å². The van der Waals surface area contributed by atoms with E-state index in [4.69, 9.17) is 5.11 Å². The molecule has 0 aromatic rings. The van der Waals surface area contributed by atoms with Crippen LogP contribution in [0.5, 0.6) is 0 Å². The highest BCUT2D eigenvalue weighted by Gasteiger charge is 2.24. The molecule has 5 heteroatoms. The SMILES string of the molecule is CNCCCC(F)(F)C=CC(=O)O. The van der Waals surface area contributed by atoms with Gasteiger partial charge in [-0.2, -0.15) is 0 Å². The van der Waals surface area contributed by atoms with E-state index in [9.17, 15) is 13.6 Å². The molecule has 0 bridgehead atoms. The van der Waals surface area contributed by atoms with Crippen LogP contribution in [0.4, 0.5) is 8.78 Å². The van der Waals surface area contributed by atoms with Crippen molar-refractivity contribution in [2.24, 2.45) is 0 Å². The van der Waals surface area contributed by atoms with Gasteiger partial charge in [0.05, 0.1) is 0 Å². The topological polar surface area (TPSA) is 49.3 Å². The van der Waals surface area contributed by atoms with E-state index < -0.39 is 11.9 Å². The summed E-state index contributed by atoms with van der Waals surface area (Å²) >= 11 is 0. The summed E-state index contributed by atoms with van der Waals surface area (Å²) in [4.78, 5) is 9.94. The first-order valence-electron chi connectivity index (χ1n) is 3.92. The molecule has 0 saturated heterocycles. The number of nitrogens with one attached hydrogen (secondary N) is 1. The van der Waals surface area contributed by atoms with E-state index in [0.29, 0.717) is 25.1 Å². The Hall–Kier alpha value is -0.970. The summed E-state index contributed by atoms with van der Waals surface area (Å²) in [5.41, 5.74) is 0. The number of allylic oxidation sites excluding steroid dienone is 1. The summed E-state index contributed by atoms with van der Waals surface area (Å²) in [7, 11) is 1.67. The van der Waals surface area contributed by atoms with Crippen LogP contribution in [0.15, 0.2) is 12.2 Å². The standard InChI is InChI=1S/C8H13F2NO2/c1-11-6-2-4-8(9,10)5-3-7(12)13/h3,5,11H,2,4,6H2,1H3,(H,12,13). The van der Waals surface area contributed by atoms with Gasteiger partial charge in [0.1, 0.15) is 0 Å². The molecular formula is C8H13F2NO2. The lowest BCUT2D eigenvalue weighted by molar-refractivity contribution is -0.131. The number of hydrogen-bond acceptors (Lipinski definition) is 2. The van der Waals surface area contributed by atoms with Crippen LogP contribution >= 0.6 is 0 Å². The molecule has 0 aliphatic carbocycles. The highest BCUT2D eigenvalue weighted by atomic mass is 19.3. The summed E-state index contributed by atoms with van der Waals surface area (Å²) in [5, 5.41) is 10.8. The first kappa shape index (κ1) is 12.0. The molecule has 0 amide bonds. The van der Waals surface area contributed by atoms with Crippen molar-refractivity contribution >= 4 is 5.97 Å². The van der Waals surface area contributed by atoms with Crippen LogP contribution in [0, 0.1) is 0 Å². The molecule has 0 aliphatic rings. The predicted octanol–water partition coefficient (Wildman–Crippen LogP) is 1.26. The molecule has 76 valence electrons. The minimum Gasteiger partial charge on any atom is -0.478 e. The van der Waals surface area contributed by atoms with Gasteiger partial charge < -0.3 is 10.4 Å². The van der Waals surface area contributed by atoms with Crippen molar-refractivity contribution in [2.45, 2.75) is 18.8 Å². The van der Waals surface area contributed by atoms with E-state index in [1.54, 1.807) is 7.05 Å². The first-order chi connectivity index (χ1) is 5.98. The van der Waals surface area contributed by atoms with Gasteiger partial charge in [-0.15, -0.1) is 0 Å². The average molecular weight is 193 g/mol. The zero-order valence-electron chi connectivity index (χ0n) is 7.39. The Kier molecular flexibility index (Phi) is 5.22. The Labute approximate surface area is 75.4 Å². The number of hydrogen-bond donors (Lipinski definition) is 2. The molecule has 0 heterocycles. The summed E-state index contributed by atoms with van der Waals surface area (Å²) in [6.07, 6.45) is 0.870. The Bertz CT molecular complexity index is 193. The molecule has 2 N–H and O–H groups in total. The molecule has 0 saturated carbocycles. The number of carboxylic acid groups (broad SMARTS) is 1. The molecular weight excluding hydrogens is 180 g/mol. The van der Waals surface area contributed by atoms with Gasteiger partial charge in [-0.05, 0) is 26.1 Å². The second-order valence-corrected chi connectivity index (χ2v) is 2.64. The van der Waals surface area contributed by atoms with Gasteiger partial charge in [0, 0.05) is 12.5 Å². The van der Waals surface area contributed by atoms with Crippen molar-refractivity contribution in [3.05, 3.63) is 12.2 Å². The molecule has 0 radical (unpaired) electrons. The van der Waals surface area contributed by atoms with Crippen LogP contribution in [0.3, 0.4) is 0 Å². The number of rotatable bonds is 6. The molecule has 0 fully saturated rings. The lowest BCUT2D eigenvalue weighted by Crippen LogP contribution is -2.16. The highest BCUT2D eigenvalue weighted by Crippen LogP contribution is 2.21. The quantitative estimate of drug-likeness (QED) is 0.493. The van der Waals surface area contributed by atoms with Crippen molar-refractivity contribution in [1.82, 2.24) is 5.32 Å². The number of carbonyl (C=O) groups is 1. The van der Waals surface area contributed by atoms with Crippen LogP contribution < -0.4 is 5.32 Å². The molecule has 0 aromatic carbocycles. The van der Waals surface area contributed by atoms with Crippen LogP contribution in [0.1, 0.15) is 12.8 Å². The lowest BCUT2D eigenvalue weighted by atomic mass is 10.1. The molecule has 0 aliphatic heterocycles. The van der Waals surface area contributed by atoms with Crippen molar-refractivity contribution in [2.75, 3.05) is 13.6 Å². The van der Waals surface area contributed by atoms with Gasteiger partial charge in [-0.1, -0.05) is 0 Å². The van der Waals surface area contributed by atoms with E-state index in [2.05, 4.69) is 5.32 Å². The monoisotopic (exact) mass is 193 g/mol. The highest BCUT2D eigenvalue weighted by molar-refractivity contribution is 5.79. The maximum atomic E-state index is 12.7. The molecule has 0 atom stereocenters. The van der Waals surface area contributed by atoms with Gasteiger partial charge in [-0.3, -0.25) is 0 Å². The zero-order valence-corrected chi connectivity index (χ0v) is 7.39. The lowest BCUT2D eigenvalue weighted by Gasteiger charge is -2.10. The van der Waals surface area contributed by atoms with Crippen LogP contribution in [-0.4, -0.2) is 30.6 Å². The number of alkyl halides is 2. The maximum Gasteiger partial charge on any atom is 0.328 e. The summed E-state index contributed by atoms with van der Waals surface area (Å²) < 4.78 is 25.5. The van der Waals surface area contributed by atoms with Crippen molar-refractivity contribution in [1.29, 1.82) is 0 Å². The van der Waals surface area contributed by atoms with Crippen LogP contribution in [0.2, 0.25) is 0 Å². The van der Waals surface area contributed by atoms with E-state index in [-0.39, 0.29) is 6.42 Å². The number of carboxylic acids is 1. The Morgan fingerprint density at radius 1 is 1.62 bits per heavy atom. The van der Waals surface area contributed by atoms with Crippen molar-refractivity contribution in [3.8, 4) is 0 Å². The van der Waals surface area contributed by atoms with Gasteiger partial charge in [0.2, 0.25) is 0 Å². The van der Waals surface area contributed by atoms with Gasteiger partial charge in [-0.25, -0.2) is 13.6 Å². The number of halogens is 2. The smallest absolute Gasteiger partial charge is 0.328 e. The third-order valence-electron chi connectivity index (χ3n) is 1.41. The van der Waals surface area contributed by atoms with E-state index >= 15 is 0 Å². The van der Waals surface area contributed by atoms with Crippen LogP contribution in [0.25, 0.3) is 0 Å². The second-order valence-electron chi connectivity index (χ2n) is 2.64. The Balaban J connectivity index is 3.85. The largest absolute Gasteiger partial charge is 0.478 e. The van der Waals surface area contributed by atoms with Gasteiger partial charge in [0.15, 0.2) is 0 Å². The van der Waals surface area contributed by atoms with Gasteiger partial charge in [0.25, 0.3) is 5.92 Å². The minimum atomic E-state index is -3.02. The van der Waals surface area contributed by atoms with E-state index in [1.165, 1.54) is 0 Å². The summed E-state index contributed by atoms with van der Waals surface area (Å²) in [6.45, 7) is 0.497. The Morgan fingerprint density at radius 3 is 2.69 bits per heavy atom. The average Bonchev–Trinajstić information content (AvgIpc) is 2.02. The summed E-state index contributed by atoms with van der Waals surface area (Å²) in [6, 6.07) is 0. The predicted molar refractivity (Wildman–Crippen MR) is 44.9 cm³/mol. The Morgan fingerprint density at radius 2 is 2.23 bits per heavy atom. The second kappa shape index (κ2) is 5.64. The molecule has 13 heavy (non-hydrogen) atoms.